The van der Waals surface area contributed by atoms with E-state index in [4.69, 9.17) is 4.43 Å². The fourth-order valence-corrected chi connectivity index (χ4v) is 9.33. The molecule has 166 valence electrons. The zero-order valence-corrected chi connectivity index (χ0v) is 22.1. The Hall–Kier alpha value is -0.903. The molecule has 30 heavy (non-hydrogen) atoms. The summed E-state index contributed by atoms with van der Waals surface area (Å²) in [6.07, 6.45) is 10.5. The first-order valence-corrected chi connectivity index (χ1v) is 14.6. The lowest BCUT2D eigenvalue weighted by molar-refractivity contribution is 0.286. The molecule has 0 saturated heterocycles. The van der Waals surface area contributed by atoms with Gasteiger partial charge < -0.3 is 4.43 Å². The van der Waals surface area contributed by atoms with Crippen LogP contribution in [0.2, 0.25) is 5.04 Å². The molecule has 1 unspecified atom stereocenters. The highest BCUT2D eigenvalue weighted by atomic mass is 79.9. The van der Waals surface area contributed by atoms with Gasteiger partial charge in [-0.2, -0.15) is 0 Å². The molecule has 0 aliphatic carbocycles. The first-order chi connectivity index (χ1) is 14.4. The Morgan fingerprint density at radius 1 is 0.733 bits per heavy atom. The van der Waals surface area contributed by atoms with Gasteiger partial charge in [-0.3, -0.25) is 0 Å². The zero-order chi connectivity index (χ0) is 21.9. The summed E-state index contributed by atoms with van der Waals surface area (Å²) in [7, 11) is -2.35. The second kappa shape index (κ2) is 12.8. The number of hydrogen-bond acceptors (Lipinski definition) is 1. The van der Waals surface area contributed by atoms with Gasteiger partial charge in [-0.05, 0) is 28.3 Å². The normalized spacial score (nSPS) is 13.4. The average molecular weight is 490 g/mol. The highest BCUT2D eigenvalue weighted by molar-refractivity contribution is 9.09. The summed E-state index contributed by atoms with van der Waals surface area (Å²) in [5.74, 6) is 0. The summed E-state index contributed by atoms with van der Waals surface area (Å²) < 4.78 is 6.97. The van der Waals surface area contributed by atoms with Gasteiger partial charge in [0.25, 0.3) is 8.32 Å². The third-order valence-electron chi connectivity index (χ3n) is 5.98. The van der Waals surface area contributed by atoms with Crippen LogP contribution in [0.5, 0.6) is 0 Å². The van der Waals surface area contributed by atoms with Gasteiger partial charge in [0.2, 0.25) is 0 Å². The fourth-order valence-electron chi connectivity index (χ4n) is 4.40. The van der Waals surface area contributed by atoms with Crippen molar-refractivity contribution in [2.45, 2.75) is 88.9 Å². The summed E-state index contributed by atoms with van der Waals surface area (Å²) in [6, 6.07) is 21.9. The molecule has 2 rings (SSSR count). The monoisotopic (exact) mass is 488 g/mol. The van der Waals surface area contributed by atoms with Crippen LogP contribution in [0, 0.1) is 0 Å². The van der Waals surface area contributed by atoms with Crippen molar-refractivity contribution >= 4 is 34.6 Å². The maximum Gasteiger partial charge on any atom is 0.261 e. The smallest absolute Gasteiger partial charge is 0.261 e. The van der Waals surface area contributed by atoms with Gasteiger partial charge in [0.1, 0.15) is 0 Å². The first kappa shape index (κ1) is 25.4. The van der Waals surface area contributed by atoms with E-state index < -0.39 is 8.32 Å². The second-order valence-electron chi connectivity index (χ2n) is 9.56. The predicted octanol–water partition coefficient (Wildman–Crippen LogP) is 7.47. The highest BCUT2D eigenvalue weighted by Gasteiger charge is 2.49. The van der Waals surface area contributed by atoms with Crippen LogP contribution in [-0.4, -0.2) is 19.8 Å². The van der Waals surface area contributed by atoms with Crippen LogP contribution >= 0.6 is 15.9 Å². The van der Waals surface area contributed by atoms with Crippen molar-refractivity contribution in [3.05, 3.63) is 60.7 Å². The summed E-state index contributed by atoms with van der Waals surface area (Å²) >= 11 is 3.64. The van der Waals surface area contributed by atoms with Crippen LogP contribution in [0.1, 0.15) is 79.1 Å². The minimum Gasteiger partial charge on any atom is -0.407 e. The number of halogens is 1. The Kier molecular flexibility index (Phi) is 10.8. The van der Waals surface area contributed by atoms with Crippen molar-refractivity contribution in [3.8, 4) is 0 Å². The van der Waals surface area contributed by atoms with Gasteiger partial charge in [0, 0.05) is 11.4 Å². The molecule has 0 bridgehead atoms. The number of hydrogen-bond donors (Lipinski definition) is 0. The van der Waals surface area contributed by atoms with Crippen LogP contribution in [0.4, 0.5) is 0 Å². The largest absolute Gasteiger partial charge is 0.407 e. The van der Waals surface area contributed by atoms with Crippen LogP contribution in [0.15, 0.2) is 60.7 Å². The molecule has 2 aromatic rings. The molecule has 2 aromatic carbocycles. The number of alkyl halides is 1. The van der Waals surface area contributed by atoms with E-state index in [1.807, 2.05) is 0 Å². The molecule has 0 fully saturated rings. The minimum absolute atomic E-state index is 0.0717. The molecular weight excluding hydrogens is 448 g/mol. The fraction of sp³-hybridized carbons (Fsp3) is 0.556. The van der Waals surface area contributed by atoms with Crippen LogP contribution in [0.3, 0.4) is 0 Å². The average Bonchev–Trinajstić information content (AvgIpc) is 2.72. The third-order valence-corrected chi connectivity index (χ3v) is 11.5. The van der Waals surface area contributed by atoms with Gasteiger partial charge in [0.15, 0.2) is 0 Å². The molecule has 0 amide bonds. The molecule has 0 saturated carbocycles. The van der Waals surface area contributed by atoms with Crippen molar-refractivity contribution in [1.29, 1.82) is 0 Å². The molecule has 1 atom stereocenters. The van der Waals surface area contributed by atoms with E-state index in [9.17, 15) is 0 Å². The van der Waals surface area contributed by atoms with E-state index in [-0.39, 0.29) is 5.04 Å². The van der Waals surface area contributed by atoms with Gasteiger partial charge >= 0.3 is 0 Å². The molecule has 0 aromatic heterocycles. The number of benzene rings is 2. The van der Waals surface area contributed by atoms with Crippen LogP contribution in [0.25, 0.3) is 0 Å². The molecule has 0 aliphatic rings. The Balaban J connectivity index is 1.95. The van der Waals surface area contributed by atoms with Gasteiger partial charge in [0.05, 0.1) is 0 Å². The molecule has 0 N–H and O–H groups in total. The summed E-state index contributed by atoms with van der Waals surface area (Å²) in [5, 5.41) is 2.83. The Morgan fingerprint density at radius 3 is 1.60 bits per heavy atom. The van der Waals surface area contributed by atoms with Gasteiger partial charge in [-0.25, -0.2) is 0 Å². The van der Waals surface area contributed by atoms with Crippen molar-refractivity contribution in [2.24, 2.45) is 0 Å². The lowest BCUT2D eigenvalue weighted by atomic mass is 10.1. The van der Waals surface area contributed by atoms with E-state index >= 15 is 0 Å². The molecule has 1 nitrogen and oxygen atoms in total. The Labute approximate surface area is 194 Å². The second-order valence-corrected chi connectivity index (χ2v) is 15.4. The molecule has 0 radical (unpaired) electrons. The quantitative estimate of drug-likeness (QED) is 0.161. The van der Waals surface area contributed by atoms with Crippen LogP contribution in [-0.2, 0) is 4.43 Å². The molecule has 3 heteroatoms. The summed E-state index contributed by atoms with van der Waals surface area (Å²) in [5.41, 5.74) is 0. The van der Waals surface area contributed by atoms with E-state index in [1.54, 1.807) is 0 Å². The molecular formula is C27H41BrOSi. The van der Waals surface area contributed by atoms with E-state index in [1.165, 1.54) is 55.3 Å². The molecule has 0 heterocycles. The maximum atomic E-state index is 6.97. The Bertz CT molecular complexity index is 654. The number of rotatable bonds is 13. The van der Waals surface area contributed by atoms with Crippen molar-refractivity contribution in [3.63, 3.8) is 0 Å². The zero-order valence-electron chi connectivity index (χ0n) is 19.5. The minimum atomic E-state index is -2.35. The van der Waals surface area contributed by atoms with Crippen molar-refractivity contribution < 1.29 is 4.43 Å². The van der Waals surface area contributed by atoms with E-state index in [0.29, 0.717) is 4.83 Å². The predicted molar refractivity (Wildman–Crippen MR) is 139 cm³/mol. The van der Waals surface area contributed by atoms with Crippen LogP contribution < -0.4 is 10.4 Å². The third kappa shape index (κ3) is 7.35. The molecule has 0 aliphatic heterocycles. The van der Waals surface area contributed by atoms with Gasteiger partial charge in [-0.1, -0.05) is 143 Å². The molecule has 0 spiro atoms. The lowest BCUT2D eigenvalue weighted by Crippen LogP contribution is -2.66. The van der Waals surface area contributed by atoms with Crippen molar-refractivity contribution in [2.75, 3.05) is 6.61 Å². The lowest BCUT2D eigenvalue weighted by Gasteiger charge is -2.43. The standard InChI is InChI=1S/C27H41BrOSi/c1-24(28)18-12-8-6-5-7-9-17-23-29-30(27(2,3)4,25-19-13-10-14-20-25)26-21-15-11-16-22-26/h10-11,13-16,19-22,24H,5-9,12,17-18,23H2,1-4H3. The Morgan fingerprint density at radius 2 is 1.17 bits per heavy atom. The summed E-state index contributed by atoms with van der Waals surface area (Å²) in [4.78, 5) is 0.663. The maximum absolute atomic E-state index is 6.97. The van der Waals surface area contributed by atoms with Crippen molar-refractivity contribution in [1.82, 2.24) is 0 Å². The van der Waals surface area contributed by atoms with E-state index in [2.05, 4.69) is 104 Å². The SMILES string of the molecule is CC(Br)CCCCCCCCCO[Si](c1ccccc1)(c1ccccc1)C(C)(C)C. The van der Waals surface area contributed by atoms with Gasteiger partial charge in [-0.15, -0.1) is 0 Å². The van der Waals surface area contributed by atoms with E-state index in [0.717, 1.165) is 13.0 Å². The summed E-state index contributed by atoms with van der Waals surface area (Å²) in [6.45, 7) is 10.2. The topological polar surface area (TPSA) is 9.23 Å². The first-order valence-electron chi connectivity index (χ1n) is 11.8. The highest BCUT2D eigenvalue weighted by Crippen LogP contribution is 2.36. The number of unbranched alkanes of at least 4 members (excludes halogenated alkanes) is 6.